The number of dihydropyridines is 1. The van der Waals surface area contributed by atoms with Crippen LogP contribution in [-0.2, 0) is 34.5 Å². The summed E-state index contributed by atoms with van der Waals surface area (Å²) in [6.45, 7) is 3.19. The number of phenolic OH excluding ortho intramolecular Hbond substituents is 1. The molecule has 2 fully saturated rings. The summed E-state index contributed by atoms with van der Waals surface area (Å²) in [6.07, 6.45) is 13.8. The predicted molar refractivity (Wildman–Crippen MR) is 224 cm³/mol. The monoisotopic (exact) mass is 781 g/mol. The van der Waals surface area contributed by atoms with Crippen molar-refractivity contribution in [1.82, 2.24) is 9.88 Å². The van der Waals surface area contributed by atoms with Crippen LogP contribution in [-0.4, -0.2) is 57.6 Å². The quantitative estimate of drug-likeness (QED) is 0.134. The summed E-state index contributed by atoms with van der Waals surface area (Å²) in [5, 5.41) is 38.7. The van der Waals surface area contributed by atoms with Crippen LogP contribution in [0.25, 0.3) is 16.6 Å². The lowest BCUT2D eigenvalue weighted by molar-refractivity contribution is -0.0894. The van der Waals surface area contributed by atoms with Gasteiger partial charge >= 0.3 is 0 Å². The van der Waals surface area contributed by atoms with Gasteiger partial charge in [0.1, 0.15) is 12.4 Å². The van der Waals surface area contributed by atoms with E-state index in [-0.39, 0.29) is 42.5 Å². The lowest BCUT2D eigenvalue weighted by Gasteiger charge is -2.56. The molecule has 1 aromatic heterocycles. The van der Waals surface area contributed by atoms with E-state index in [1.165, 1.54) is 16.7 Å². The van der Waals surface area contributed by atoms with Crippen molar-refractivity contribution in [2.24, 2.45) is 17.6 Å². The molecule has 9 heteroatoms. The van der Waals surface area contributed by atoms with Crippen LogP contribution < -0.4 is 15.8 Å². The first-order valence-electron chi connectivity index (χ1n) is 21.5. The van der Waals surface area contributed by atoms with E-state index in [2.05, 4.69) is 77.4 Å². The molecular formula is C49H55N3O6. The van der Waals surface area contributed by atoms with Crippen LogP contribution in [0.4, 0.5) is 0 Å². The highest BCUT2D eigenvalue weighted by Gasteiger charge is 2.55. The number of phenols is 1. The molecule has 10 rings (SSSR count). The minimum atomic E-state index is -0.620. The number of nitrogens with one attached hydrogen (secondary N) is 1. The van der Waals surface area contributed by atoms with E-state index in [0.717, 1.165) is 83.8 Å². The fourth-order valence-electron chi connectivity index (χ4n) is 11.3. The van der Waals surface area contributed by atoms with Gasteiger partial charge in [0.25, 0.3) is 0 Å². The molecule has 1 saturated carbocycles. The summed E-state index contributed by atoms with van der Waals surface area (Å²) < 4.78 is 22.1. The summed E-state index contributed by atoms with van der Waals surface area (Å²) in [5.41, 5.74) is 15.0. The van der Waals surface area contributed by atoms with Gasteiger partial charge in [-0.05, 0) is 134 Å². The number of aromatic hydroxyl groups is 1. The molecule has 58 heavy (non-hydrogen) atoms. The summed E-state index contributed by atoms with van der Waals surface area (Å²) in [7, 11) is 0. The maximum absolute atomic E-state index is 11.4. The van der Waals surface area contributed by atoms with Gasteiger partial charge in [0.2, 0.25) is 0 Å². The zero-order chi connectivity index (χ0) is 39.5. The zero-order valence-corrected chi connectivity index (χ0v) is 33.4. The van der Waals surface area contributed by atoms with Crippen molar-refractivity contribution >= 4 is 16.6 Å². The Kier molecular flexibility index (Phi) is 9.90. The Balaban J connectivity index is 1.18. The van der Waals surface area contributed by atoms with Gasteiger partial charge in [0.15, 0.2) is 11.5 Å². The van der Waals surface area contributed by atoms with E-state index in [9.17, 15) is 15.3 Å². The molecule has 0 amide bonds. The molecule has 9 nitrogen and oxygen atoms in total. The second kappa shape index (κ2) is 15.2. The van der Waals surface area contributed by atoms with E-state index >= 15 is 0 Å². The largest absolute Gasteiger partial charge is 0.504 e. The number of hydrogen-bond donors (Lipinski definition) is 5. The molecule has 3 aromatic carbocycles. The SMILES string of the molecule is CC1C#CC2=CC(N)NC3=C2COC(CCC1)CC(O)CCc1cc(c(O)cc1CO)OCc1cc(C24CCOC5CCC(CC52)c2ccccc24)cc2cn3cc12. The molecule has 2 aliphatic carbocycles. The van der Waals surface area contributed by atoms with E-state index in [1.54, 1.807) is 6.07 Å². The van der Waals surface area contributed by atoms with Crippen molar-refractivity contribution < 1.29 is 29.5 Å². The zero-order valence-electron chi connectivity index (χ0n) is 33.4. The molecule has 8 unspecified atom stereocenters. The van der Waals surface area contributed by atoms with Gasteiger partial charge in [-0.15, -0.1) is 0 Å². The number of aliphatic hydroxyl groups excluding tert-OH is 2. The van der Waals surface area contributed by atoms with Crippen molar-refractivity contribution in [1.29, 1.82) is 0 Å². The van der Waals surface area contributed by atoms with Crippen molar-refractivity contribution in [3.05, 3.63) is 112 Å². The maximum Gasteiger partial charge on any atom is 0.161 e. The van der Waals surface area contributed by atoms with Crippen LogP contribution in [0.5, 0.6) is 11.5 Å². The Labute approximate surface area is 340 Å². The number of rotatable bonds is 2. The average Bonchev–Trinajstić information content (AvgIpc) is 3.66. The Morgan fingerprint density at radius 3 is 2.78 bits per heavy atom. The predicted octanol–water partition coefficient (Wildman–Crippen LogP) is 7.28. The highest BCUT2D eigenvalue weighted by atomic mass is 16.5. The molecule has 8 atom stereocenters. The molecule has 1 saturated heterocycles. The van der Waals surface area contributed by atoms with Crippen LogP contribution in [0.2, 0.25) is 0 Å². The Morgan fingerprint density at radius 2 is 1.88 bits per heavy atom. The number of nitrogens with zero attached hydrogens (tertiary/aromatic N) is 1. The molecule has 0 spiro atoms. The number of aryl methyl sites for hydroxylation is 1. The van der Waals surface area contributed by atoms with Gasteiger partial charge in [0, 0.05) is 52.3 Å². The van der Waals surface area contributed by atoms with Crippen LogP contribution >= 0.6 is 0 Å². The third-order valence-electron chi connectivity index (χ3n) is 14.2. The molecule has 302 valence electrons. The van der Waals surface area contributed by atoms with Crippen molar-refractivity contribution in [3.8, 4) is 23.3 Å². The molecule has 0 radical (unpaired) electrons. The second-order valence-corrected chi connectivity index (χ2v) is 17.7. The van der Waals surface area contributed by atoms with E-state index in [0.29, 0.717) is 55.6 Å². The third kappa shape index (κ3) is 6.64. The standard InChI is InChI=1S/C49H55N3O6/c1-29-5-4-6-38-23-37(54)13-11-30-21-46(44(55)20-34(30)26-53)58-27-35-18-36(49-15-16-56-45-14-12-31(19-43(45)49)39-7-2-3-8-42(39)49)17-33-24-52(25-40(33)35)48-41(28-57-38)32(10-9-29)22-47(50)51-48/h2-3,7-8,17-18,20-22,24-25,29,31,37-38,43,45,47,51,53-55H,4-6,11-16,19,23,26-28,50H2,1H3. The Hall–Kier alpha value is -4.56. The van der Waals surface area contributed by atoms with Crippen molar-refractivity contribution in [3.63, 3.8) is 0 Å². The number of benzene rings is 3. The van der Waals surface area contributed by atoms with Gasteiger partial charge in [-0.25, -0.2) is 0 Å². The van der Waals surface area contributed by atoms with E-state index in [1.807, 2.05) is 12.1 Å². The molecule has 6 aliphatic rings. The summed E-state index contributed by atoms with van der Waals surface area (Å²) >= 11 is 0. The number of aromatic nitrogens is 1. The van der Waals surface area contributed by atoms with E-state index in [4.69, 9.17) is 19.9 Å². The summed E-state index contributed by atoms with van der Waals surface area (Å²) in [4.78, 5) is 0. The minimum Gasteiger partial charge on any atom is -0.504 e. The van der Waals surface area contributed by atoms with Gasteiger partial charge < -0.3 is 45.1 Å². The topological polar surface area (TPSA) is 131 Å². The summed E-state index contributed by atoms with van der Waals surface area (Å²) in [6, 6.07) is 17.3. The van der Waals surface area contributed by atoms with Crippen LogP contribution in [0.1, 0.15) is 104 Å². The van der Waals surface area contributed by atoms with Crippen molar-refractivity contribution in [2.45, 2.75) is 120 Å². The highest BCUT2D eigenvalue weighted by molar-refractivity contribution is 5.88. The highest BCUT2D eigenvalue weighted by Crippen LogP contribution is 2.60. The lowest BCUT2D eigenvalue weighted by atomic mass is 9.51. The van der Waals surface area contributed by atoms with Gasteiger partial charge in [0.05, 0.1) is 37.7 Å². The molecule has 4 aliphatic heterocycles. The number of ether oxygens (including phenoxy) is 3. The maximum atomic E-state index is 11.4. The van der Waals surface area contributed by atoms with Crippen LogP contribution in [0, 0.1) is 23.7 Å². The normalized spacial score (nSPS) is 30.8. The first-order valence-corrected chi connectivity index (χ1v) is 21.5. The molecule has 4 aromatic rings. The van der Waals surface area contributed by atoms with Crippen molar-refractivity contribution in [2.75, 3.05) is 13.2 Å². The Bertz CT molecular complexity index is 2370. The fraction of sp³-hybridized carbons (Fsp3) is 0.469. The second-order valence-electron chi connectivity index (χ2n) is 17.7. The minimum absolute atomic E-state index is 0.0168. The number of aliphatic hydroxyl groups is 2. The van der Waals surface area contributed by atoms with Crippen LogP contribution in [0.3, 0.4) is 0 Å². The molecule has 8 bridgehead atoms. The molecular weight excluding hydrogens is 727 g/mol. The Morgan fingerprint density at radius 1 is 0.983 bits per heavy atom. The van der Waals surface area contributed by atoms with Gasteiger partial charge in [-0.3, -0.25) is 0 Å². The number of hydrogen-bond acceptors (Lipinski definition) is 8. The first kappa shape index (κ1) is 37.7. The van der Waals surface area contributed by atoms with Crippen LogP contribution in [0.15, 0.2) is 78.1 Å². The van der Waals surface area contributed by atoms with Gasteiger partial charge in [-0.1, -0.05) is 49.1 Å². The number of nitrogens with two attached hydrogens (primary N) is 1. The first-order chi connectivity index (χ1) is 28.3. The van der Waals surface area contributed by atoms with Gasteiger partial charge in [-0.2, -0.15) is 0 Å². The molecule has 6 N–H and O–H groups in total. The molecule has 5 heterocycles. The smallest absolute Gasteiger partial charge is 0.161 e. The summed E-state index contributed by atoms with van der Waals surface area (Å²) in [5.74, 6) is 9.28. The third-order valence-corrected chi connectivity index (χ3v) is 14.2. The number of fused-ring (bicyclic) bond motifs is 10. The van der Waals surface area contributed by atoms with E-state index < -0.39 is 12.3 Å². The lowest BCUT2D eigenvalue weighted by Crippen LogP contribution is -2.54. The fourth-order valence-corrected chi connectivity index (χ4v) is 11.3. The average molecular weight is 782 g/mol.